The van der Waals surface area contributed by atoms with Crippen molar-refractivity contribution in [2.75, 3.05) is 44.7 Å². The Hall–Kier alpha value is 0.620. The molecule has 4 heteroatoms. The van der Waals surface area contributed by atoms with Crippen molar-refractivity contribution in [3.8, 4) is 0 Å². The van der Waals surface area contributed by atoms with E-state index in [-0.39, 0.29) is 0 Å². The summed E-state index contributed by atoms with van der Waals surface area (Å²) in [5.41, 5.74) is 0. The molecule has 0 rings (SSSR count). The Morgan fingerprint density at radius 1 is 0.882 bits per heavy atom. The van der Waals surface area contributed by atoms with Crippen molar-refractivity contribution < 1.29 is 0 Å². The quantitative estimate of drug-likeness (QED) is 0.458. The predicted octanol–water partition coefficient (Wildman–Crippen LogP) is 3.74. The highest BCUT2D eigenvalue weighted by Gasteiger charge is 1.96. The van der Waals surface area contributed by atoms with Crippen LogP contribution in [0.5, 0.6) is 0 Å². The molecule has 0 amide bonds. The Bertz CT molecular complexity index is 124. The monoisotopic (exact) mass is 280 g/mol. The maximum atomic E-state index is 3.41. The molecular weight excluding hydrogens is 248 g/mol. The molecule has 0 aliphatic rings. The van der Waals surface area contributed by atoms with E-state index in [1.807, 2.05) is 35.4 Å². The Kier molecular flexibility index (Phi) is 22.3. The second-order valence-electron chi connectivity index (χ2n) is 3.70. The average Bonchev–Trinajstić information content (AvgIpc) is 2.35. The number of nitrogens with one attached hydrogen (secondary N) is 1. The summed E-state index contributed by atoms with van der Waals surface area (Å²) >= 11 is 0. The van der Waals surface area contributed by atoms with Crippen LogP contribution >= 0.6 is 21.6 Å². The second-order valence-corrected chi connectivity index (χ2v) is 6.40. The van der Waals surface area contributed by atoms with Gasteiger partial charge in [-0.3, -0.25) is 0 Å². The molecule has 0 saturated heterocycles. The van der Waals surface area contributed by atoms with Crippen molar-refractivity contribution in [3.05, 3.63) is 0 Å². The Morgan fingerprint density at radius 2 is 1.53 bits per heavy atom. The van der Waals surface area contributed by atoms with E-state index in [2.05, 4.69) is 31.1 Å². The van der Waals surface area contributed by atoms with E-state index >= 15 is 0 Å². The minimum atomic E-state index is 1.15. The van der Waals surface area contributed by atoms with Crippen LogP contribution in [0.2, 0.25) is 0 Å². The highest BCUT2D eigenvalue weighted by atomic mass is 33.1. The van der Waals surface area contributed by atoms with Crippen molar-refractivity contribution in [2.24, 2.45) is 0 Å². The number of rotatable bonds is 11. The summed E-state index contributed by atoms with van der Waals surface area (Å²) < 4.78 is 0. The van der Waals surface area contributed by atoms with Crippen molar-refractivity contribution in [1.82, 2.24) is 10.2 Å². The summed E-state index contributed by atoms with van der Waals surface area (Å²) in [6.45, 7) is 13.2. The molecular formula is C13H32N2S2. The number of nitrogens with zero attached hydrogens (tertiary/aromatic N) is 1. The van der Waals surface area contributed by atoms with Gasteiger partial charge in [0.2, 0.25) is 0 Å². The SMILES string of the molecule is CC.CCCNCCSSCCN(C)CCC. The first-order valence-electron chi connectivity index (χ1n) is 6.95. The van der Waals surface area contributed by atoms with Gasteiger partial charge in [-0.2, -0.15) is 0 Å². The van der Waals surface area contributed by atoms with Crippen LogP contribution in [0.15, 0.2) is 0 Å². The first kappa shape index (κ1) is 19.9. The molecule has 1 N–H and O–H groups in total. The third-order valence-corrected chi connectivity index (χ3v) is 4.42. The molecule has 0 heterocycles. The minimum absolute atomic E-state index is 1.15. The van der Waals surface area contributed by atoms with Crippen LogP contribution in [0.4, 0.5) is 0 Å². The molecule has 0 aliphatic carbocycles. The third-order valence-electron chi connectivity index (χ3n) is 2.03. The minimum Gasteiger partial charge on any atom is -0.316 e. The van der Waals surface area contributed by atoms with Crippen LogP contribution < -0.4 is 5.32 Å². The Balaban J connectivity index is 0. The molecule has 0 aromatic rings. The largest absolute Gasteiger partial charge is 0.316 e. The van der Waals surface area contributed by atoms with Gasteiger partial charge in [0.25, 0.3) is 0 Å². The van der Waals surface area contributed by atoms with Gasteiger partial charge in [-0.15, -0.1) is 0 Å². The average molecular weight is 281 g/mol. The first-order chi connectivity index (χ1) is 8.31. The van der Waals surface area contributed by atoms with Gasteiger partial charge in [0, 0.05) is 24.6 Å². The smallest absolute Gasteiger partial charge is 0.0165 e. The van der Waals surface area contributed by atoms with E-state index in [1.54, 1.807) is 0 Å². The molecule has 0 saturated carbocycles. The van der Waals surface area contributed by atoms with Crippen LogP contribution in [-0.2, 0) is 0 Å². The van der Waals surface area contributed by atoms with Crippen LogP contribution in [0.3, 0.4) is 0 Å². The molecule has 0 fully saturated rings. The van der Waals surface area contributed by atoms with Crippen LogP contribution in [-0.4, -0.2) is 49.6 Å². The fourth-order valence-electron chi connectivity index (χ4n) is 1.22. The van der Waals surface area contributed by atoms with E-state index < -0.39 is 0 Å². The summed E-state index contributed by atoms with van der Waals surface area (Å²) in [6.07, 6.45) is 2.49. The molecule has 0 atom stereocenters. The van der Waals surface area contributed by atoms with E-state index in [4.69, 9.17) is 0 Å². The Morgan fingerprint density at radius 3 is 2.12 bits per heavy atom. The first-order valence-corrected chi connectivity index (χ1v) is 9.43. The van der Waals surface area contributed by atoms with E-state index in [0.717, 1.165) is 13.1 Å². The standard InChI is InChI=1S/C11H26N2S2.C2H6/c1-4-6-12-7-10-14-15-11-9-13(3)8-5-2;1-2/h12H,4-11H2,1-3H3;1-2H3. The molecule has 0 bridgehead atoms. The number of hydrogen-bond donors (Lipinski definition) is 1. The summed E-state index contributed by atoms with van der Waals surface area (Å²) in [5.74, 6) is 2.47. The molecule has 0 spiro atoms. The van der Waals surface area contributed by atoms with Crippen molar-refractivity contribution in [3.63, 3.8) is 0 Å². The highest BCUT2D eigenvalue weighted by Crippen LogP contribution is 2.19. The zero-order valence-corrected chi connectivity index (χ0v) is 14.1. The molecule has 0 unspecified atom stereocenters. The Labute approximate surface area is 117 Å². The summed E-state index contributed by atoms with van der Waals surface area (Å²) in [5, 5.41) is 3.41. The highest BCUT2D eigenvalue weighted by molar-refractivity contribution is 8.76. The van der Waals surface area contributed by atoms with Gasteiger partial charge in [-0.1, -0.05) is 49.3 Å². The predicted molar refractivity (Wildman–Crippen MR) is 87.2 cm³/mol. The summed E-state index contributed by atoms with van der Waals surface area (Å²) in [6, 6.07) is 0. The zero-order chi connectivity index (χ0) is 13.4. The second kappa shape index (κ2) is 19.0. The van der Waals surface area contributed by atoms with Gasteiger partial charge in [-0.05, 0) is 33.0 Å². The maximum absolute atomic E-state index is 3.41. The lowest BCUT2D eigenvalue weighted by Crippen LogP contribution is -2.21. The lowest BCUT2D eigenvalue weighted by Gasteiger charge is -2.14. The molecule has 17 heavy (non-hydrogen) atoms. The lowest BCUT2D eigenvalue weighted by molar-refractivity contribution is 0.356. The van der Waals surface area contributed by atoms with Crippen molar-refractivity contribution >= 4 is 21.6 Å². The molecule has 0 radical (unpaired) electrons. The third kappa shape index (κ3) is 19.2. The topological polar surface area (TPSA) is 15.3 Å². The fraction of sp³-hybridized carbons (Fsp3) is 1.00. The molecule has 0 aliphatic heterocycles. The molecule has 0 aromatic carbocycles. The molecule has 2 nitrogen and oxygen atoms in total. The lowest BCUT2D eigenvalue weighted by atomic mass is 10.4. The van der Waals surface area contributed by atoms with Gasteiger partial charge < -0.3 is 10.2 Å². The van der Waals surface area contributed by atoms with E-state index in [9.17, 15) is 0 Å². The van der Waals surface area contributed by atoms with Gasteiger partial charge in [0.1, 0.15) is 0 Å². The van der Waals surface area contributed by atoms with Gasteiger partial charge >= 0.3 is 0 Å². The van der Waals surface area contributed by atoms with Crippen LogP contribution in [0, 0.1) is 0 Å². The van der Waals surface area contributed by atoms with Gasteiger partial charge in [0.15, 0.2) is 0 Å². The van der Waals surface area contributed by atoms with E-state index in [1.165, 1.54) is 37.4 Å². The normalized spacial score (nSPS) is 10.2. The van der Waals surface area contributed by atoms with Gasteiger partial charge in [0.05, 0.1) is 0 Å². The molecule has 106 valence electrons. The number of hydrogen-bond acceptors (Lipinski definition) is 4. The molecule has 0 aromatic heterocycles. The summed E-state index contributed by atoms with van der Waals surface area (Å²) in [7, 11) is 6.20. The van der Waals surface area contributed by atoms with Crippen molar-refractivity contribution in [2.45, 2.75) is 40.5 Å². The van der Waals surface area contributed by atoms with Gasteiger partial charge in [-0.25, -0.2) is 0 Å². The summed E-state index contributed by atoms with van der Waals surface area (Å²) in [4.78, 5) is 2.41. The van der Waals surface area contributed by atoms with Crippen molar-refractivity contribution in [1.29, 1.82) is 0 Å². The van der Waals surface area contributed by atoms with Crippen LogP contribution in [0.1, 0.15) is 40.5 Å². The van der Waals surface area contributed by atoms with Crippen LogP contribution in [0.25, 0.3) is 0 Å². The van der Waals surface area contributed by atoms with E-state index in [0.29, 0.717) is 0 Å². The fourth-order valence-corrected chi connectivity index (χ4v) is 3.25. The zero-order valence-electron chi connectivity index (χ0n) is 12.4. The maximum Gasteiger partial charge on any atom is 0.0165 e.